The van der Waals surface area contributed by atoms with Crippen molar-refractivity contribution in [3.05, 3.63) is 24.3 Å². The van der Waals surface area contributed by atoms with Crippen LogP contribution in [-0.2, 0) is 4.79 Å². The Balaban J connectivity index is 2.25. The minimum absolute atomic E-state index is 0.190. The van der Waals surface area contributed by atoms with Crippen LogP contribution >= 0.6 is 0 Å². The first-order valence-corrected chi connectivity index (χ1v) is 5.39. The molecule has 2 rings (SSSR count). The number of nitrogens with zero attached hydrogens (tertiary/aromatic N) is 1. The Morgan fingerprint density at radius 2 is 2.25 bits per heavy atom. The van der Waals surface area contributed by atoms with E-state index in [4.69, 9.17) is 6.42 Å². The fourth-order valence-electron chi connectivity index (χ4n) is 1.91. The van der Waals surface area contributed by atoms with Crippen molar-refractivity contribution in [2.45, 2.75) is 12.8 Å². The van der Waals surface area contributed by atoms with E-state index in [1.54, 1.807) is 0 Å². The molecule has 1 N–H and O–H groups in total. The summed E-state index contributed by atoms with van der Waals surface area (Å²) in [6.07, 6.45) is 6.79. The molecule has 1 fully saturated rings. The normalized spacial score (nSPS) is 14.9. The molecule has 3 heteroatoms. The fraction of sp³-hybridized carbons (Fsp3) is 0.308. The smallest absolute Gasteiger partial charge is 0.227 e. The number of hydrogen-bond acceptors (Lipinski definition) is 2. The van der Waals surface area contributed by atoms with E-state index in [2.05, 4.69) is 11.2 Å². The molecule has 1 heterocycles. The second kappa shape index (κ2) is 4.71. The van der Waals surface area contributed by atoms with Crippen molar-refractivity contribution in [3.8, 4) is 12.3 Å². The van der Waals surface area contributed by atoms with Crippen molar-refractivity contribution in [1.29, 1.82) is 0 Å². The highest BCUT2D eigenvalue weighted by Gasteiger charge is 2.23. The molecule has 1 amide bonds. The molecule has 3 nitrogen and oxygen atoms in total. The molecule has 1 aromatic rings. The molecule has 16 heavy (non-hydrogen) atoms. The summed E-state index contributed by atoms with van der Waals surface area (Å²) in [7, 11) is 0. The topological polar surface area (TPSA) is 32.3 Å². The highest BCUT2D eigenvalue weighted by atomic mass is 16.2. The summed E-state index contributed by atoms with van der Waals surface area (Å²) in [4.78, 5) is 13.5. The minimum atomic E-state index is 0.190. The van der Waals surface area contributed by atoms with Gasteiger partial charge in [0.15, 0.2) is 0 Å². The molecular weight excluding hydrogens is 200 g/mol. The molecule has 0 bridgehead atoms. The number of benzene rings is 1. The number of carbonyl (C=O) groups is 1. The molecule has 0 atom stereocenters. The number of para-hydroxylation sites is 2. The minimum Gasteiger partial charge on any atom is -0.372 e. The van der Waals surface area contributed by atoms with E-state index in [9.17, 15) is 4.79 Å². The standard InChI is InChI=1S/C13H14N2O/c1-2-9-14-11-6-3-4-7-12(11)15-10-5-8-13(15)16/h1,3-4,6-7,14H,5,8-10H2. The van der Waals surface area contributed by atoms with Crippen LogP contribution in [0.15, 0.2) is 24.3 Å². The Kier molecular flexibility index (Phi) is 3.11. The van der Waals surface area contributed by atoms with E-state index in [1.165, 1.54) is 0 Å². The zero-order chi connectivity index (χ0) is 11.4. The lowest BCUT2D eigenvalue weighted by Crippen LogP contribution is -2.24. The van der Waals surface area contributed by atoms with Gasteiger partial charge in [0.05, 0.1) is 17.9 Å². The van der Waals surface area contributed by atoms with E-state index in [0.717, 1.165) is 24.3 Å². The lowest BCUT2D eigenvalue weighted by atomic mass is 10.2. The van der Waals surface area contributed by atoms with Crippen molar-refractivity contribution in [2.75, 3.05) is 23.3 Å². The van der Waals surface area contributed by atoms with E-state index >= 15 is 0 Å². The van der Waals surface area contributed by atoms with E-state index in [0.29, 0.717) is 13.0 Å². The van der Waals surface area contributed by atoms with Crippen LogP contribution in [0.5, 0.6) is 0 Å². The Bertz CT molecular complexity index is 434. The lowest BCUT2D eigenvalue weighted by molar-refractivity contribution is -0.117. The molecule has 82 valence electrons. The van der Waals surface area contributed by atoms with Crippen LogP contribution in [0.25, 0.3) is 0 Å². The lowest BCUT2D eigenvalue weighted by Gasteiger charge is -2.19. The maximum Gasteiger partial charge on any atom is 0.227 e. The fourth-order valence-corrected chi connectivity index (χ4v) is 1.91. The van der Waals surface area contributed by atoms with Gasteiger partial charge in [0.25, 0.3) is 0 Å². The summed E-state index contributed by atoms with van der Waals surface area (Å²) in [5, 5.41) is 3.13. The van der Waals surface area contributed by atoms with Crippen LogP contribution in [-0.4, -0.2) is 19.0 Å². The Morgan fingerprint density at radius 1 is 1.44 bits per heavy atom. The molecule has 0 radical (unpaired) electrons. The molecule has 0 saturated carbocycles. The predicted molar refractivity (Wildman–Crippen MR) is 65.4 cm³/mol. The van der Waals surface area contributed by atoms with Gasteiger partial charge in [-0.25, -0.2) is 0 Å². The van der Waals surface area contributed by atoms with Gasteiger partial charge in [-0.15, -0.1) is 6.42 Å². The predicted octanol–water partition coefficient (Wildman–Crippen LogP) is 1.86. The number of hydrogen-bond donors (Lipinski definition) is 1. The number of nitrogens with one attached hydrogen (secondary N) is 1. The molecule has 1 aliphatic rings. The van der Waals surface area contributed by atoms with Crippen molar-refractivity contribution in [2.24, 2.45) is 0 Å². The first-order chi connectivity index (χ1) is 7.83. The maximum atomic E-state index is 11.7. The second-order valence-electron chi connectivity index (χ2n) is 3.72. The first-order valence-electron chi connectivity index (χ1n) is 5.39. The Hall–Kier alpha value is -1.95. The van der Waals surface area contributed by atoms with Gasteiger partial charge in [0, 0.05) is 13.0 Å². The van der Waals surface area contributed by atoms with Gasteiger partial charge in [-0.2, -0.15) is 0 Å². The van der Waals surface area contributed by atoms with Crippen LogP contribution in [0.4, 0.5) is 11.4 Å². The molecule has 0 unspecified atom stereocenters. The van der Waals surface area contributed by atoms with Crippen molar-refractivity contribution in [3.63, 3.8) is 0 Å². The molecule has 1 aliphatic heterocycles. The van der Waals surface area contributed by atoms with Gasteiger partial charge in [0.2, 0.25) is 5.91 Å². The SMILES string of the molecule is C#CCNc1ccccc1N1CCCC1=O. The molecule has 0 aromatic heterocycles. The zero-order valence-electron chi connectivity index (χ0n) is 9.07. The molecule has 0 aliphatic carbocycles. The maximum absolute atomic E-state index is 11.7. The molecule has 1 saturated heterocycles. The summed E-state index contributed by atoms with van der Waals surface area (Å²) >= 11 is 0. The number of rotatable bonds is 3. The summed E-state index contributed by atoms with van der Waals surface area (Å²) in [5.41, 5.74) is 1.86. The largest absolute Gasteiger partial charge is 0.372 e. The van der Waals surface area contributed by atoms with Gasteiger partial charge in [0.1, 0.15) is 0 Å². The second-order valence-corrected chi connectivity index (χ2v) is 3.72. The van der Waals surface area contributed by atoms with Crippen molar-refractivity contribution in [1.82, 2.24) is 0 Å². The average Bonchev–Trinajstić information content (AvgIpc) is 2.73. The van der Waals surface area contributed by atoms with Crippen LogP contribution in [0.1, 0.15) is 12.8 Å². The van der Waals surface area contributed by atoms with Crippen LogP contribution in [0.2, 0.25) is 0 Å². The molecule has 1 aromatic carbocycles. The summed E-state index contributed by atoms with van der Waals surface area (Å²) in [6.45, 7) is 1.27. The monoisotopic (exact) mass is 214 g/mol. The summed E-state index contributed by atoms with van der Waals surface area (Å²) in [5.74, 6) is 2.72. The third kappa shape index (κ3) is 2.01. The molecule has 0 spiro atoms. The van der Waals surface area contributed by atoms with Gasteiger partial charge in [-0.05, 0) is 18.6 Å². The van der Waals surface area contributed by atoms with Crippen molar-refractivity contribution >= 4 is 17.3 Å². The highest BCUT2D eigenvalue weighted by Crippen LogP contribution is 2.28. The van der Waals surface area contributed by atoms with E-state index in [1.807, 2.05) is 29.2 Å². The van der Waals surface area contributed by atoms with Gasteiger partial charge >= 0.3 is 0 Å². The average molecular weight is 214 g/mol. The van der Waals surface area contributed by atoms with Gasteiger partial charge in [-0.3, -0.25) is 4.79 Å². The highest BCUT2D eigenvalue weighted by molar-refractivity contribution is 5.98. The van der Waals surface area contributed by atoms with Crippen LogP contribution in [0, 0.1) is 12.3 Å². The van der Waals surface area contributed by atoms with Gasteiger partial charge in [-0.1, -0.05) is 18.1 Å². The number of carbonyl (C=O) groups excluding carboxylic acids is 1. The summed E-state index contributed by atoms with van der Waals surface area (Å²) < 4.78 is 0. The number of anilines is 2. The third-order valence-corrected chi connectivity index (χ3v) is 2.65. The zero-order valence-corrected chi connectivity index (χ0v) is 9.07. The quantitative estimate of drug-likeness (QED) is 0.779. The Morgan fingerprint density at radius 3 is 2.94 bits per heavy atom. The molecular formula is C13H14N2O. The van der Waals surface area contributed by atoms with Gasteiger partial charge < -0.3 is 10.2 Å². The van der Waals surface area contributed by atoms with E-state index in [-0.39, 0.29) is 5.91 Å². The van der Waals surface area contributed by atoms with Crippen LogP contribution in [0.3, 0.4) is 0 Å². The third-order valence-electron chi connectivity index (χ3n) is 2.65. The Labute approximate surface area is 95.5 Å². The summed E-state index contributed by atoms with van der Waals surface area (Å²) in [6, 6.07) is 7.76. The van der Waals surface area contributed by atoms with Crippen molar-refractivity contribution < 1.29 is 4.79 Å². The van der Waals surface area contributed by atoms with E-state index < -0.39 is 0 Å². The number of amides is 1. The first kappa shape index (κ1) is 10.6. The number of terminal acetylenes is 1. The van der Waals surface area contributed by atoms with Crippen LogP contribution < -0.4 is 10.2 Å².